The Morgan fingerprint density at radius 1 is 1.43 bits per heavy atom. The summed E-state index contributed by atoms with van der Waals surface area (Å²) in [6.45, 7) is 5.55. The summed E-state index contributed by atoms with van der Waals surface area (Å²) < 4.78 is 0. The summed E-state index contributed by atoms with van der Waals surface area (Å²) in [7, 11) is 0. The van der Waals surface area contributed by atoms with Gasteiger partial charge in [-0.05, 0) is 38.8 Å². The summed E-state index contributed by atoms with van der Waals surface area (Å²) in [4.78, 5) is 24.5. The predicted octanol–water partition coefficient (Wildman–Crippen LogP) is 3.05. The van der Waals surface area contributed by atoms with Crippen LogP contribution in [-0.4, -0.2) is 33.9 Å². The van der Waals surface area contributed by atoms with Gasteiger partial charge in [0.15, 0.2) is 0 Å². The molecule has 0 aliphatic carbocycles. The number of hydrogen-bond acceptors (Lipinski definition) is 5. The van der Waals surface area contributed by atoms with Gasteiger partial charge in [0.05, 0.1) is 16.3 Å². The highest BCUT2D eigenvalue weighted by Gasteiger charge is 2.28. The first kappa shape index (κ1) is 15.6. The third-order valence-corrected chi connectivity index (χ3v) is 5.45. The molecule has 23 heavy (non-hydrogen) atoms. The van der Waals surface area contributed by atoms with Crippen molar-refractivity contribution in [2.45, 2.75) is 32.6 Å². The molecule has 6 heteroatoms. The van der Waals surface area contributed by atoms with E-state index >= 15 is 0 Å². The number of pyridine rings is 1. The number of carbonyl (C=O) groups is 1. The average molecular weight is 326 g/mol. The Labute approximate surface area is 139 Å². The number of nitriles is 1. The molecule has 0 spiro atoms. The Bertz CT molecular complexity index is 740. The third-order valence-electron chi connectivity index (χ3n) is 4.21. The van der Waals surface area contributed by atoms with Crippen LogP contribution < -0.4 is 0 Å². The number of likely N-dealkylation sites (tertiary alicyclic amines) is 1. The number of thiazole rings is 1. The third kappa shape index (κ3) is 3.25. The summed E-state index contributed by atoms with van der Waals surface area (Å²) in [6, 6.07) is 5.28. The molecular weight excluding hydrogens is 308 g/mol. The molecule has 1 amide bonds. The molecule has 0 N–H and O–H groups in total. The van der Waals surface area contributed by atoms with Crippen molar-refractivity contribution in [3.63, 3.8) is 0 Å². The van der Waals surface area contributed by atoms with E-state index in [0.29, 0.717) is 23.7 Å². The van der Waals surface area contributed by atoms with Crippen LogP contribution in [0.5, 0.6) is 0 Å². The number of nitrogens with zero attached hydrogens (tertiary/aromatic N) is 4. The molecule has 3 heterocycles. The summed E-state index contributed by atoms with van der Waals surface area (Å²) in [5.74, 6) is 0.243. The topological polar surface area (TPSA) is 69.9 Å². The highest BCUT2D eigenvalue weighted by molar-refractivity contribution is 7.11. The monoisotopic (exact) mass is 326 g/mol. The summed E-state index contributed by atoms with van der Waals surface area (Å²) in [5.41, 5.74) is 1.95. The van der Waals surface area contributed by atoms with Crippen molar-refractivity contribution in [3.8, 4) is 6.07 Å². The Morgan fingerprint density at radius 2 is 2.26 bits per heavy atom. The van der Waals surface area contributed by atoms with E-state index < -0.39 is 0 Å². The summed E-state index contributed by atoms with van der Waals surface area (Å²) in [6.07, 6.45) is 3.49. The highest BCUT2D eigenvalue weighted by atomic mass is 32.1. The van der Waals surface area contributed by atoms with Crippen molar-refractivity contribution in [2.75, 3.05) is 13.1 Å². The number of amides is 1. The maximum atomic E-state index is 12.6. The maximum Gasteiger partial charge on any atom is 0.272 e. The molecule has 0 saturated carbocycles. The number of piperidine rings is 1. The largest absolute Gasteiger partial charge is 0.337 e. The Hall–Kier alpha value is -2.26. The van der Waals surface area contributed by atoms with Crippen LogP contribution in [-0.2, 0) is 0 Å². The van der Waals surface area contributed by atoms with Crippen molar-refractivity contribution in [1.29, 1.82) is 5.26 Å². The average Bonchev–Trinajstić information content (AvgIpc) is 2.93. The van der Waals surface area contributed by atoms with Crippen LogP contribution >= 0.6 is 11.3 Å². The van der Waals surface area contributed by atoms with Gasteiger partial charge in [-0.1, -0.05) is 0 Å². The fourth-order valence-corrected chi connectivity index (χ4v) is 3.83. The van der Waals surface area contributed by atoms with Crippen LogP contribution in [0.15, 0.2) is 18.3 Å². The Kier molecular flexibility index (Phi) is 4.39. The molecule has 1 fully saturated rings. The Balaban J connectivity index is 1.74. The van der Waals surface area contributed by atoms with E-state index in [0.717, 1.165) is 30.1 Å². The van der Waals surface area contributed by atoms with Gasteiger partial charge in [-0.15, -0.1) is 11.3 Å². The van der Waals surface area contributed by atoms with Crippen LogP contribution in [0.25, 0.3) is 0 Å². The molecular formula is C17H18N4OS. The second kappa shape index (κ2) is 6.47. The van der Waals surface area contributed by atoms with Crippen LogP contribution in [0.4, 0.5) is 0 Å². The van der Waals surface area contributed by atoms with Crippen molar-refractivity contribution in [3.05, 3.63) is 45.2 Å². The minimum atomic E-state index is -0.0656. The fraction of sp³-hybridized carbons (Fsp3) is 0.412. The SMILES string of the molecule is Cc1nc([C@H]2CCCN(C(=O)c3ccc(C#N)cn3)C2)sc1C. The second-order valence-electron chi connectivity index (χ2n) is 5.83. The van der Waals surface area contributed by atoms with Gasteiger partial charge >= 0.3 is 0 Å². The first-order valence-electron chi connectivity index (χ1n) is 7.68. The molecule has 0 unspecified atom stereocenters. The van der Waals surface area contributed by atoms with Gasteiger partial charge in [-0.25, -0.2) is 9.97 Å². The minimum Gasteiger partial charge on any atom is -0.337 e. The second-order valence-corrected chi connectivity index (χ2v) is 7.06. The van der Waals surface area contributed by atoms with Crippen LogP contribution in [0.1, 0.15) is 50.4 Å². The van der Waals surface area contributed by atoms with E-state index in [9.17, 15) is 4.79 Å². The van der Waals surface area contributed by atoms with Gasteiger partial charge in [-0.3, -0.25) is 4.79 Å². The van der Waals surface area contributed by atoms with Crippen molar-refractivity contribution in [2.24, 2.45) is 0 Å². The number of rotatable bonds is 2. The first-order chi connectivity index (χ1) is 11.1. The molecule has 0 bridgehead atoms. The van der Waals surface area contributed by atoms with Gasteiger partial charge in [-0.2, -0.15) is 5.26 Å². The van der Waals surface area contributed by atoms with Crippen molar-refractivity contribution in [1.82, 2.24) is 14.9 Å². The Morgan fingerprint density at radius 3 is 2.87 bits per heavy atom. The molecule has 0 radical (unpaired) electrons. The van der Waals surface area contributed by atoms with E-state index in [2.05, 4.69) is 16.9 Å². The number of carbonyl (C=O) groups excluding carboxylic acids is 1. The van der Waals surface area contributed by atoms with Gasteiger partial charge in [0.25, 0.3) is 5.91 Å². The van der Waals surface area contributed by atoms with Gasteiger partial charge in [0.2, 0.25) is 0 Å². The lowest BCUT2D eigenvalue weighted by Crippen LogP contribution is -2.39. The lowest BCUT2D eigenvalue weighted by Gasteiger charge is -2.31. The van der Waals surface area contributed by atoms with Crippen molar-refractivity contribution < 1.29 is 4.79 Å². The predicted molar refractivity (Wildman–Crippen MR) is 88.4 cm³/mol. The summed E-state index contributed by atoms with van der Waals surface area (Å²) in [5, 5.41) is 9.94. The molecule has 1 atom stereocenters. The quantitative estimate of drug-likeness (QED) is 0.850. The number of aromatic nitrogens is 2. The normalized spacial score (nSPS) is 17.8. The molecule has 1 saturated heterocycles. The number of hydrogen-bond donors (Lipinski definition) is 0. The maximum absolute atomic E-state index is 12.6. The molecule has 118 valence electrons. The van der Waals surface area contributed by atoms with Crippen LogP contribution in [0.3, 0.4) is 0 Å². The lowest BCUT2D eigenvalue weighted by atomic mass is 9.98. The zero-order valence-electron chi connectivity index (χ0n) is 13.2. The standard InChI is InChI=1S/C17H18N4OS/c1-11-12(2)23-16(20-11)14-4-3-7-21(10-14)17(22)15-6-5-13(8-18)9-19-15/h5-6,9,14H,3-4,7,10H2,1-2H3/t14-/m0/s1. The summed E-state index contributed by atoms with van der Waals surface area (Å²) >= 11 is 1.73. The van der Waals surface area contributed by atoms with Gasteiger partial charge in [0, 0.05) is 30.1 Å². The smallest absolute Gasteiger partial charge is 0.272 e. The van der Waals surface area contributed by atoms with E-state index in [1.165, 1.54) is 11.1 Å². The lowest BCUT2D eigenvalue weighted by molar-refractivity contribution is 0.0701. The van der Waals surface area contributed by atoms with Crippen LogP contribution in [0.2, 0.25) is 0 Å². The van der Waals surface area contributed by atoms with Crippen LogP contribution in [0, 0.1) is 25.2 Å². The fourth-order valence-electron chi connectivity index (χ4n) is 2.78. The van der Waals surface area contributed by atoms with E-state index in [1.54, 1.807) is 23.5 Å². The molecule has 0 aromatic carbocycles. The van der Waals surface area contributed by atoms with E-state index in [4.69, 9.17) is 5.26 Å². The molecule has 5 nitrogen and oxygen atoms in total. The molecule has 2 aromatic heterocycles. The first-order valence-corrected chi connectivity index (χ1v) is 8.49. The van der Waals surface area contributed by atoms with Gasteiger partial charge < -0.3 is 4.90 Å². The van der Waals surface area contributed by atoms with Gasteiger partial charge in [0.1, 0.15) is 11.8 Å². The molecule has 2 aromatic rings. The van der Waals surface area contributed by atoms with Crippen molar-refractivity contribution >= 4 is 17.2 Å². The molecule has 1 aliphatic heterocycles. The van der Waals surface area contributed by atoms with E-state index in [-0.39, 0.29) is 5.91 Å². The zero-order chi connectivity index (χ0) is 16.4. The minimum absolute atomic E-state index is 0.0656. The highest BCUT2D eigenvalue weighted by Crippen LogP contribution is 2.31. The van der Waals surface area contributed by atoms with E-state index in [1.807, 2.05) is 17.9 Å². The number of aryl methyl sites for hydroxylation is 2. The molecule has 1 aliphatic rings. The molecule has 3 rings (SSSR count). The zero-order valence-corrected chi connectivity index (χ0v) is 14.1.